The van der Waals surface area contributed by atoms with Crippen LogP contribution >= 0.6 is 11.3 Å². The van der Waals surface area contributed by atoms with Crippen LogP contribution in [0, 0.1) is 0 Å². The summed E-state index contributed by atoms with van der Waals surface area (Å²) in [6, 6.07) is 9.20. The highest BCUT2D eigenvalue weighted by atomic mass is 32.1. The van der Waals surface area contributed by atoms with Crippen molar-refractivity contribution >= 4 is 28.1 Å². The molecule has 1 aliphatic heterocycles. The van der Waals surface area contributed by atoms with Crippen molar-refractivity contribution in [2.75, 3.05) is 16.8 Å². The lowest BCUT2D eigenvalue weighted by Gasteiger charge is -2.25. The number of nitrogens with zero attached hydrogens (tertiary/aromatic N) is 3. The number of benzene rings is 1. The van der Waals surface area contributed by atoms with E-state index in [-0.39, 0.29) is 22.1 Å². The van der Waals surface area contributed by atoms with Crippen LogP contribution in [0.5, 0.6) is 0 Å². The first-order valence-electron chi connectivity index (χ1n) is 7.44. The van der Waals surface area contributed by atoms with Crippen LogP contribution in [0.15, 0.2) is 30.3 Å². The highest BCUT2D eigenvalue weighted by Gasteiger charge is 2.32. The predicted octanol–water partition coefficient (Wildman–Crippen LogP) is 3.25. The predicted molar refractivity (Wildman–Crippen MR) is 85.1 cm³/mol. The van der Waals surface area contributed by atoms with Crippen molar-refractivity contribution in [2.24, 2.45) is 0 Å². The molecule has 1 fully saturated rings. The van der Waals surface area contributed by atoms with Gasteiger partial charge in [-0.05, 0) is 25.0 Å². The van der Waals surface area contributed by atoms with E-state index < -0.39 is 12.6 Å². The van der Waals surface area contributed by atoms with Gasteiger partial charge in [-0.2, -0.15) is 13.2 Å². The number of hydrogen-bond acceptors (Lipinski definition) is 5. The molecule has 0 aliphatic carbocycles. The molecule has 1 aromatic heterocycles. The van der Waals surface area contributed by atoms with Crippen LogP contribution in [0.25, 0.3) is 0 Å². The molecule has 2 aromatic rings. The van der Waals surface area contributed by atoms with Gasteiger partial charge >= 0.3 is 6.18 Å². The number of halogens is 3. The van der Waals surface area contributed by atoms with Gasteiger partial charge in [-0.3, -0.25) is 10.1 Å². The first kappa shape index (κ1) is 16.7. The molecule has 0 saturated carbocycles. The van der Waals surface area contributed by atoms with Crippen LogP contribution in [-0.4, -0.2) is 34.9 Å². The van der Waals surface area contributed by atoms with Crippen LogP contribution in [0.4, 0.5) is 24.0 Å². The largest absolute Gasteiger partial charge is 0.395 e. The van der Waals surface area contributed by atoms with Gasteiger partial charge in [0.1, 0.15) is 11.0 Å². The number of anilines is 2. The summed E-state index contributed by atoms with van der Waals surface area (Å²) >= 11 is 0.751. The number of carbonyl (C=O) groups excluding carboxylic acids is 1. The van der Waals surface area contributed by atoms with Crippen molar-refractivity contribution in [3.05, 3.63) is 35.3 Å². The van der Waals surface area contributed by atoms with Crippen molar-refractivity contribution in [3.63, 3.8) is 0 Å². The summed E-state index contributed by atoms with van der Waals surface area (Å²) in [7, 11) is 0. The summed E-state index contributed by atoms with van der Waals surface area (Å²) in [4.78, 5) is 14.4. The van der Waals surface area contributed by atoms with Crippen molar-refractivity contribution < 1.29 is 18.0 Å². The molecule has 5 nitrogen and oxygen atoms in total. The van der Waals surface area contributed by atoms with E-state index in [0.717, 1.165) is 30.0 Å². The Balaban J connectivity index is 1.66. The zero-order valence-corrected chi connectivity index (χ0v) is 13.4. The first-order chi connectivity index (χ1) is 11.4. The molecule has 1 unspecified atom stereocenters. The summed E-state index contributed by atoms with van der Waals surface area (Å²) < 4.78 is 37.0. The molecule has 1 saturated heterocycles. The third kappa shape index (κ3) is 4.02. The van der Waals surface area contributed by atoms with E-state index in [1.54, 1.807) is 0 Å². The second-order valence-electron chi connectivity index (χ2n) is 5.47. The molecule has 24 heavy (non-hydrogen) atoms. The number of alkyl halides is 3. The Kier molecular flexibility index (Phi) is 4.70. The fraction of sp³-hybridized carbons (Fsp3) is 0.400. The second-order valence-corrected chi connectivity index (χ2v) is 6.53. The van der Waals surface area contributed by atoms with Gasteiger partial charge in [0.2, 0.25) is 11.0 Å². The minimum atomic E-state index is -4.34. The molecule has 128 valence electrons. The molecule has 2 heterocycles. The van der Waals surface area contributed by atoms with E-state index >= 15 is 0 Å². The van der Waals surface area contributed by atoms with Gasteiger partial charge < -0.3 is 4.90 Å². The molecule has 0 radical (unpaired) electrons. The van der Waals surface area contributed by atoms with Crippen LogP contribution < -0.4 is 10.2 Å². The van der Waals surface area contributed by atoms with Crippen LogP contribution in [0.2, 0.25) is 0 Å². The van der Waals surface area contributed by atoms with Crippen molar-refractivity contribution in [2.45, 2.75) is 31.5 Å². The van der Waals surface area contributed by atoms with Gasteiger partial charge in [-0.15, -0.1) is 10.2 Å². The molecule has 9 heteroatoms. The van der Waals surface area contributed by atoms with Crippen molar-refractivity contribution in [3.8, 4) is 0 Å². The Labute approximate surface area is 140 Å². The topological polar surface area (TPSA) is 58.1 Å². The maximum Gasteiger partial charge on any atom is 0.395 e. The number of para-hydroxylation sites is 1. The highest BCUT2D eigenvalue weighted by molar-refractivity contribution is 7.15. The smallest absolute Gasteiger partial charge is 0.360 e. The Bertz CT molecular complexity index is 704. The normalized spacial score (nSPS) is 18.0. The maximum absolute atomic E-state index is 12.5. The summed E-state index contributed by atoms with van der Waals surface area (Å²) in [6.07, 6.45) is -3.91. The van der Waals surface area contributed by atoms with Gasteiger partial charge in [0.15, 0.2) is 0 Å². The Morgan fingerprint density at radius 3 is 2.75 bits per heavy atom. The van der Waals surface area contributed by atoms with Gasteiger partial charge in [0, 0.05) is 12.2 Å². The molecule has 1 amide bonds. The molecule has 1 atom stereocenters. The Morgan fingerprint density at radius 1 is 1.29 bits per heavy atom. The fourth-order valence-corrected chi connectivity index (χ4v) is 3.48. The highest BCUT2D eigenvalue weighted by Crippen LogP contribution is 2.28. The van der Waals surface area contributed by atoms with Gasteiger partial charge in [-0.1, -0.05) is 29.5 Å². The quantitative estimate of drug-likeness (QED) is 0.914. The molecule has 3 rings (SSSR count). The maximum atomic E-state index is 12.5. The molecule has 1 N–H and O–H groups in total. The van der Waals surface area contributed by atoms with E-state index in [4.69, 9.17) is 0 Å². The zero-order chi connectivity index (χ0) is 17.2. The summed E-state index contributed by atoms with van der Waals surface area (Å²) in [6.45, 7) is 0.761. The van der Waals surface area contributed by atoms with Gasteiger partial charge in [0.05, 0.1) is 6.42 Å². The van der Waals surface area contributed by atoms with Crippen molar-refractivity contribution in [1.82, 2.24) is 10.2 Å². The standard InChI is InChI=1S/C15H15F3N4OS/c16-15(17,18)9-12-20-21-14(24-12)19-13(23)11-7-4-8-22(11)10-5-2-1-3-6-10/h1-3,5-6,11H,4,7-9H2,(H,19,21,23). The van der Waals surface area contributed by atoms with Crippen molar-refractivity contribution in [1.29, 1.82) is 0 Å². The summed E-state index contributed by atoms with van der Waals surface area (Å²) in [5.41, 5.74) is 0.949. The number of amides is 1. The Morgan fingerprint density at radius 2 is 2.04 bits per heavy atom. The minimum Gasteiger partial charge on any atom is -0.360 e. The zero-order valence-electron chi connectivity index (χ0n) is 12.6. The summed E-state index contributed by atoms with van der Waals surface area (Å²) in [5.74, 6) is -0.272. The molecule has 0 spiro atoms. The summed E-state index contributed by atoms with van der Waals surface area (Å²) in [5, 5.41) is 9.63. The molecule has 1 aliphatic rings. The molecule has 1 aromatic carbocycles. The van der Waals surface area contributed by atoms with Crippen LogP contribution in [0.3, 0.4) is 0 Å². The average Bonchev–Trinajstić information content (AvgIpc) is 3.16. The molecular formula is C15H15F3N4OS. The third-order valence-electron chi connectivity index (χ3n) is 3.69. The van der Waals surface area contributed by atoms with E-state index in [2.05, 4.69) is 15.5 Å². The Hall–Kier alpha value is -2.16. The lowest BCUT2D eigenvalue weighted by atomic mass is 10.2. The monoisotopic (exact) mass is 356 g/mol. The SMILES string of the molecule is O=C(Nc1nnc(CC(F)(F)F)s1)C1CCCN1c1ccccc1. The number of aromatic nitrogens is 2. The van der Waals surface area contributed by atoms with Crippen LogP contribution in [0.1, 0.15) is 17.8 Å². The van der Waals surface area contributed by atoms with E-state index in [0.29, 0.717) is 6.42 Å². The average molecular weight is 356 g/mol. The lowest BCUT2D eigenvalue weighted by Crippen LogP contribution is -2.39. The molecular weight excluding hydrogens is 341 g/mol. The van der Waals surface area contributed by atoms with E-state index in [9.17, 15) is 18.0 Å². The number of rotatable bonds is 4. The molecule has 0 bridgehead atoms. The third-order valence-corrected chi connectivity index (χ3v) is 4.53. The number of carbonyl (C=O) groups is 1. The van der Waals surface area contributed by atoms with E-state index in [1.807, 2.05) is 35.2 Å². The van der Waals surface area contributed by atoms with E-state index in [1.165, 1.54) is 0 Å². The second kappa shape index (κ2) is 6.76. The minimum absolute atomic E-state index is 0.0964. The first-order valence-corrected chi connectivity index (χ1v) is 8.26. The van der Waals surface area contributed by atoms with Gasteiger partial charge in [0.25, 0.3) is 0 Å². The lowest BCUT2D eigenvalue weighted by molar-refractivity contribution is -0.127. The number of hydrogen-bond donors (Lipinski definition) is 1. The fourth-order valence-electron chi connectivity index (χ4n) is 2.70. The van der Waals surface area contributed by atoms with Gasteiger partial charge in [-0.25, -0.2) is 0 Å². The number of nitrogens with one attached hydrogen (secondary N) is 1. The van der Waals surface area contributed by atoms with Crippen LogP contribution in [-0.2, 0) is 11.2 Å².